The summed E-state index contributed by atoms with van der Waals surface area (Å²) in [6.07, 6.45) is 7.45. The van der Waals surface area contributed by atoms with E-state index in [2.05, 4.69) is 12.1 Å². The van der Waals surface area contributed by atoms with Gasteiger partial charge in [0.25, 0.3) is 5.56 Å². The number of benzene rings is 1. The molecule has 1 aromatic carbocycles. The maximum absolute atomic E-state index is 12.3. The predicted molar refractivity (Wildman–Crippen MR) is 115 cm³/mol. The minimum atomic E-state index is -1.02. The van der Waals surface area contributed by atoms with Crippen LogP contribution in [0.1, 0.15) is 56.1 Å². The zero-order valence-electron chi connectivity index (χ0n) is 17.6. The Balaban J connectivity index is 1.51. The summed E-state index contributed by atoms with van der Waals surface area (Å²) in [6, 6.07) is 11.6. The van der Waals surface area contributed by atoms with E-state index in [1.54, 1.807) is 23.8 Å². The van der Waals surface area contributed by atoms with Crippen molar-refractivity contribution >= 4 is 5.97 Å². The smallest absolute Gasteiger partial charge is 0.333 e. The quantitative estimate of drug-likeness (QED) is 0.637. The number of carboxylic acid groups (broad SMARTS) is 1. The maximum Gasteiger partial charge on any atom is 0.333 e. The van der Waals surface area contributed by atoms with Gasteiger partial charge in [0, 0.05) is 25.3 Å². The van der Waals surface area contributed by atoms with Gasteiger partial charge in [-0.2, -0.15) is 0 Å². The zero-order chi connectivity index (χ0) is 21.3. The molecule has 2 aromatic rings. The Bertz CT molecular complexity index is 868. The van der Waals surface area contributed by atoms with E-state index in [1.807, 2.05) is 12.1 Å². The molecule has 6 nitrogen and oxygen atoms in total. The summed E-state index contributed by atoms with van der Waals surface area (Å²) in [5.41, 5.74) is 1.86. The molecule has 0 radical (unpaired) electrons. The fourth-order valence-electron chi connectivity index (χ4n) is 4.03. The van der Waals surface area contributed by atoms with E-state index in [0.29, 0.717) is 31.2 Å². The van der Waals surface area contributed by atoms with E-state index in [1.165, 1.54) is 43.7 Å². The number of nitrogens with zero attached hydrogens (tertiary/aromatic N) is 1. The lowest BCUT2D eigenvalue weighted by atomic mass is 9.84. The number of aromatic nitrogens is 1. The SMILES string of the molecule is CCOC(Cc1ccn(CCOc2ccc(C3CCCCC3)cc2)c(=O)c1)C(=O)O. The normalized spacial score (nSPS) is 15.6. The topological polar surface area (TPSA) is 77.8 Å². The van der Waals surface area contributed by atoms with Crippen LogP contribution < -0.4 is 10.3 Å². The van der Waals surface area contributed by atoms with Gasteiger partial charge < -0.3 is 19.1 Å². The molecule has 0 aliphatic heterocycles. The molecule has 3 rings (SSSR count). The third-order valence-corrected chi connectivity index (χ3v) is 5.68. The van der Waals surface area contributed by atoms with Crippen LogP contribution >= 0.6 is 0 Å². The number of hydrogen-bond acceptors (Lipinski definition) is 4. The monoisotopic (exact) mass is 413 g/mol. The highest BCUT2D eigenvalue weighted by Crippen LogP contribution is 2.33. The number of ether oxygens (including phenoxy) is 2. The van der Waals surface area contributed by atoms with Crippen LogP contribution in [0, 0.1) is 0 Å². The van der Waals surface area contributed by atoms with Crippen LogP contribution in [-0.2, 0) is 22.5 Å². The molecule has 1 aromatic heterocycles. The number of carbonyl (C=O) groups is 1. The van der Waals surface area contributed by atoms with Crippen molar-refractivity contribution in [3.05, 3.63) is 64.1 Å². The minimum Gasteiger partial charge on any atom is -0.492 e. The summed E-state index contributed by atoms with van der Waals surface area (Å²) in [5, 5.41) is 9.18. The molecular weight excluding hydrogens is 382 g/mol. The lowest BCUT2D eigenvalue weighted by Gasteiger charge is -2.22. The highest BCUT2D eigenvalue weighted by Gasteiger charge is 2.18. The predicted octanol–water partition coefficient (Wildman–Crippen LogP) is 4.01. The number of pyridine rings is 1. The number of rotatable bonds is 10. The van der Waals surface area contributed by atoms with E-state index in [0.717, 1.165) is 5.75 Å². The van der Waals surface area contributed by atoms with Gasteiger partial charge in [0.1, 0.15) is 12.4 Å². The average Bonchev–Trinajstić information content (AvgIpc) is 2.76. The molecule has 0 spiro atoms. The van der Waals surface area contributed by atoms with E-state index in [4.69, 9.17) is 9.47 Å². The Morgan fingerprint density at radius 1 is 1.17 bits per heavy atom. The Labute approximate surface area is 177 Å². The Hall–Kier alpha value is -2.60. The zero-order valence-corrected chi connectivity index (χ0v) is 17.6. The van der Waals surface area contributed by atoms with Crippen molar-refractivity contribution in [1.82, 2.24) is 4.57 Å². The first-order valence-electron chi connectivity index (χ1n) is 10.8. The van der Waals surface area contributed by atoms with Gasteiger partial charge in [0.05, 0.1) is 6.54 Å². The van der Waals surface area contributed by atoms with Crippen molar-refractivity contribution in [2.45, 2.75) is 64.0 Å². The summed E-state index contributed by atoms with van der Waals surface area (Å²) < 4.78 is 12.6. The second-order valence-corrected chi connectivity index (χ2v) is 7.81. The lowest BCUT2D eigenvalue weighted by molar-refractivity contribution is -0.149. The molecule has 0 amide bonds. The van der Waals surface area contributed by atoms with Gasteiger partial charge in [-0.25, -0.2) is 4.79 Å². The molecule has 162 valence electrons. The molecule has 1 aliphatic rings. The first kappa shape index (κ1) is 22.1. The Kier molecular flexibility index (Phi) is 8.08. The van der Waals surface area contributed by atoms with Crippen molar-refractivity contribution in [3.63, 3.8) is 0 Å². The van der Waals surface area contributed by atoms with Gasteiger partial charge in [-0.1, -0.05) is 31.4 Å². The highest BCUT2D eigenvalue weighted by atomic mass is 16.5. The van der Waals surface area contributed by atoms with Crippen molar-refractivity contribution in [3.8, 4) is 5.75 Å². The third kappa shape index (κ3) is 6.20. The van der Waals surface area contributed by atoms with Crippen LogP contribution in [0.15, 0.2) is 47.4 Å². The fourth-order valence-corrected chi connectivity index (χ4v) is 4.03. The lowest BCUT2D eigenvalue weighted by Crippen LogP contribution is -2.28. The molecule has 1 saturated carbocycles. The summed E-state index contributed by atoms with van der Waals surface area (Å²) in [5.74, 6) is 0.456. The van der Waals surface area contributed by atoms with Crippen molar-refractivity contribution in [1.29, 1.82) is 0 Å². The molecule has 1 unspecified atom stereocenters. The molecule has 1 heterocycles. The van der Waals surface area contributed by atoms with Gasteiger partial charge in [-0.05, 0) is 55.0 Å². The molecule has 30 heavy (non-hydrogen) atoms. The third-order valence-electron chi connectivity index (χ3n) is 5.68. The van der Waals surface area contributed by atoms with Gasteiger partial charge in [0.2, 0.25) is 0 Å². The largest absolute Gasteiger partial charge is 0.492 e. The molecule has 0 bridgehead atoms. The van der Waals surface area contributed by atoms with E-state index in [9.17, 15) is 14.7 Å². The molecule has 1 fully saturated rings. The Morgan fingerprint density at radius 3 is 2.53 bits per heavy atom. The van der Waals surface area contributed by atoms with Gasteiger partial charge in [0.15, 0.2) is 6.10 Å². The van der Waals surface area contributed by atoms with Crippen molar-refractivity contribution < 1.29 is 19.4 Å². The minimum absolute atomic E-state index is 0.170. The summed E-state index contributed by atoms with van der Waals surface area (Å²) in [6.45, 7) is 2.88. The first-order valence-corrected chi connectivity index (χ1v) is 10.8. The van der Waals surface area contributed by atoms with Crippen molar-refractivity contribution in [2.75, 3.05) is 13.2 Å². The molecule has 1 atom stereocenters. The van der Waals surface area contributed by atoms with Crippen LogP contribution in [0.25, 0.3) is 0 Å². The van der Waals surface area contributed by atoms with Crippen LogP contribution in [0.5, 0.6) is 5.75 Å². The average molecular weight is 414 g/mol. The summed E-state index contributed by atoms with van der Waals surface area (Å²) in [4.78, 5) is 23.5. The molecule has 1 aliphatic carbocycles. The second kappa shape index (κ2) is 11.0. The van der Waals surface area contributed by atoms with Crippen molar-refractivity contribution in [2.24, 2.45) is 0 Å². The van der Waals surface area contributed by atoms with Gasteiger partial charge in [-0.15, -0.1) is 0 Å². The van der Waals surface area contributed by atoms with Crippen LogP contribution in [-0.4, -0.2) is 35.0 Å². The first-order chi connectivity index (χ1) is 14.6. The summed E-state index contributed by atoms with van der Waals surface area (Å²) in [7, 11) is 0. The standard InChI is InChI=1S/C24H31NO5/c1-2-29-22(24(27)28)16-18-12-13-25(23(26)17-18)14-15-30-21-10-8-20(9-11-21)19-6-4-3-5-7-19/h8-13,17,19,22H,2-7,14-16H2,1H3,(H,27,28). The van der Waals surface area contributed by atoms with Crippen LogP contribution in [0.2, 0.25) is 0 Å². The number of aliphatic carboxylic acids is 1. The number of hydrogen-bond donors (Lipinski definition) is 1. The molecule has 0 saturated heterocycles. The molecular formula is C24H31NO5. The highest BCUT2D eigenvalue weighted by molar-refractivity contribution is 5.72. The number of carboxylic acids is 1. The van der Waals surface area contributed by atoms with E-state index in [-0.39, 0.29) is 12.0 Å². The van der Waals surface area contributed by atoms with E-state index >= 15 is 0 Å². The van der Waals surface area contributed by atoms with Gasteiger partial charge in [-0.3, -0.25) is 4.79 Å². The van der Waals surface area contributed by atoms with Crippen LogP contribution in [0.4, 0.5) is 0 Å². The van der Waals surface area contributed by atoms with E-state index < -0.39 is 12.1 Å². The van der Waals surface area contributed by atoms with Crippen LogP contribution in [0.3, 0.4) is 0 Å². The molecule has 6 heteroatoms. The maximum atomic E-state index is 12.3. The van der Waals surface area contributed by atoms with Gasteiger partial charge >= 0.3 is 5.97 Å². The summed E-state index contributed by atoms with van der Waals surface area (Å²) >= 11 is 0. The fraction of sp³-hybridized carbons (Fsp3) is 0.500. The molecule has 1 N–H and O–H groups in total. The Morgan fingerprint density at radius 2 is 1.90 bits per heavy atom. The second-order valence-electron chi connectivity index (χ2n) is 7.81.